The molecule has 0 amide bonds. The van der Waals surface area contributed by atoms with Crippen molar-refractivity contribution in [2.24, 2.45) is 0 Å². The summed E-state index contributed by atoms with van der Waals surface area (Å²) in [5, 5.41) is 9.09. The Balaban J connectivity index is 2.45. The third-order valence-corrected chi connectivity index (χ3v) is 2.81. The quantitative estimate of drug-likeness (QED) is 0.879. The Hall–Kier alpha value is -2.56. The number of anilines is 3. The first-order valence-electron chi connectivity index (χ1n) is 5.95. The zero-order chi connectivity index (χ0) is 13.8. The first-order valence-corrected chi connectivity index (χ1v) is 5.95. The van der Waals surface area contributed by atoms with Gasteiger partial charge in [0.05, 0.1) is 17.4 Å². The molecule has 0 aliphatic carbocycles. The van der Waals surface area contributed by atoms with E-state index in [1.54, 1.807) is 0 Å². The molecule has 2 rings (SSSR count). The molecule has 1 aromatic heterocycles. The third kappa shape index (κ3) is 2.65. The van der Waals surface area contributed by atoms with Crippen molar-refractivity contribution in [3.8, 4) is 0 Å². The number of hydrogen-bond acceptors (Lipinski definition) is 4. The Morgan fingerprint density at radius 3 is 2.63 bits per heavy atom. The van der Waals surface area contributed by atoms with Crippen LogP contribution in [0.25, 0.3) is 0 Å². The molecule has 0 spiro atoms. The fourth-order valence-electron chi connectivity index (χ4n) is 1.87. The lowest BCUT2D eigenvalue weighted by molar-refractivity contribution is 0.0698. The van der Waals surface area contributed by atoms with E-state index in [1.807, 2.05) is 42.2 Å². The molecule has 0 radical (unpaired) electrons. The number of carboxylic acid groups (broad SMARTS) is 1. The standard InChI is InChI=1S/C14H15N3O2/c1-2-17(10-6-4-3-5-7-10)13-8-11(14(18)19)12(15)9-16-13/h3-9H,2,15H2,1H3,(H,18,19). The molecule has 1 aromatic carbocycles. The molecule has 0 aliphatic heterocycles. The Morgan fingerprint density at radius 1 is 1.37 bits per heavy atom. The maximum Gasteiger partial charge on any atom is 0.337 e. The van der Waals surface area contributed by atoms with Gasteiger partial charge in [0.15, 0.2) is 0 Å². The number of aromatic nitrogens is 1. The van der Waals surface area contributed by atoms with Gasteiger partial charge in [0, 0.05) is 12.2 Å². The van der Waals surface area contributed by atoms with Crippen molar-refractivity contribution in [3.63, 3.8) is 0 Å². The normalized spacial score (nSPS) is 10.2. The molecule has 0 saturated carbocycles. The predicted octanol–water partition coefficient (Wildman–Crippen LogP) is 2.52. The topological polar surface area (TPSA) is 79.5 Å². The van der Waals surface area contributed by atoms with Gasteiger partial charge in [-0.1, -0.05) is 18.2 Å². The smallest absolute Gasteiger partial charge is 0.337 e. The maximum atomic E-state index is 11.1. The minimum Gasteiger partial charge on any atom is -0.478 e. The highest BCUT2D eigenvalue weighted by atomic mass is 16.4. The molecule has 5 nitrogen and oxygen atoms in total. The molecule has 5 heteroatoms. The van der Waals surface area contributed by atoms with Gasteiger partial charge in [-0.3, -0.25) is 0 Å². The fourth-order valence-corrected chi connectivity index (χ4v) is 1.87. The minimum atomic E-state index is -1.05. The van der Waals surface area contributed by atoms with Crippen molar-refractivity contribution < 1.29 is 9.90 Å². The van der Waals surface area contributed by atoms with Gasteiger partial charge in [-0.25, -0.2) is 9.78 Å². The molecule has 0 fully saturated rings. The summed E-state index contributed by atoms with van der Waals surface area (Å²) in [6.07, 6.45) is 1.38. The summed E-state index contributed by atoms with van der Waals surface area (Å²) in [5.74, 6) is -0.481. The SMILES string of the molecule is CCN(c1ccccc1)c1cc(C(=O)O)c(N)cn1. The number of hydrogen-bond donors (Lipinski definition) is 2. The average Bonchev–Trinajstić information content (AvgIpc) is 2.42. The molecule has 0 bridgehead atoms. The van der Waals surface area contributed by atoms with Crippen LogP contribution in [-0.4, -0.2) is 22.6 Å². The number of benzene rings is 1. The van der Waals surface area contributed by atoms with Crippen LogP contribution in [-0.2, 0) is 0 Å². The van der Waals surface area contributed by atoms with Gasteiger partial charge in [-0.15, -0.1) is 0 Å². The number of para-hydroxylation sites is 1. The van der Waals surface area contributed by atoms with Crippen LogP contribution < -0.4 is 10.6 Å². The summed E-state index contributed by atoms with van der Waals surface area (Å²) in [4.78, 5) is 17.2. The van der Waals surface area contributed by atoms with E-state index in [-0.39, 0.29) is 11.3 Å². The lowest BCUT2D eigenvalue weighted by Crippen LogP contribution is -2.18. The van der Waals surface area contributed by atoms with Crippen LogP contribution in [0.1, 0.15) is 17.3 Å². The van der Waals surface area contributed by atoms with Gasteiger partial charge in [0.2, 0.25) is 0 Å². The van der Waals surface area contributed by atoms with Crippen LogP contribution in [0.3, 0.4) is 0 Å². The summed E-state index contributed by atoms with van der Waals surface area (Å²) in [6.45, 7) is 2.66. The number of nitrogens with zero attached hydrogens (tertiary/aromatic N) is 2. The lowest BCUT2D eigenvalue weighted by atomic mass is 10.2. The Labute approximate surface area is 111 Å². The second-order valence-corrected chi connectivity index (χ2v) is 4.01. The Morgan fingerprint density at radius 2 is 2.05 bits per heavy atom. The van der Waals surface area contributed by atoms with E-state index < -0.39 is 5.97 Å². The number of carbonyl (C=O) groups is 1. The summed E-state index contributed by atoms with van der Waals surface area (Å²) in [5.41, 5.74) is 6.80. The van der Waals surface area contributed by atoms with Gasteiger partial charge in [0.25, 0.3) is 0 Å². The van der Waals surface area contributed by atoms with E-state index in [0.717, 1.165) is 5.69 Å². The number of nitrogen functional groups attached to an aromatic ring is 1. The molecular formula is C14H15N3O2. The third-order valence-electron chi connectivity index (χ3n) is 2.81. The van der Waals surface area contributed by atoms with Crippen molar-refractivity contribution in [2.45, 2.75) is 6.92 Å². The van der Waals surface area contributed by atoms with E-state index in [0.29, 0.717) is 12.4 Å². The Kier molecular flexibility index (Phi) is 3.66. The maximum absolute atomic E-state index is 11.1. The van der Waals surface area contributed by atoms with Gasteiger partial charge in [0.1, 0.15) is 5.82 Å². The first kappa shape index (κ1) is 12.9. The fraction of sp³-hybridized carbons (Fsp3) is 0.143. The largest absolute Gasteiger partial charge is 0.478 e. The molecule has 0 atom stereocenters. The van der Waals surface area contributed by atoms with Crippen LogP contribution in [0.2, 0.25) is 0 Å². The number of rotatable bonds is 4. The monoisotopic (exact) mass is 257 g/mol. The summed E-state index contributed by atoms with van der Waals surface area (Å²) >= 11 is 0. The number of carboxylic acids is 1. The summed E-state index contributed by atoms with van der Waals surface area (Å²) in [7, 11) is 0. The highest BCUT2D eigenvalue weighted by molar-refractivity contribution is 5.94. The van der Waals surface area contributed by atoms with E-state index in [2.05, 4.69) is 4.98 Å². The van der Waals surface area contributed by atoms with Crippen molar-refractivity contribution in [2.75, 3.05) is 17.2 Å². The van der Waals surface area contributed by atoms with Crippen molar-refractivity contribution in [3.05, 3.63) is 48.2 Å². The van der Waals surface area contributed by atoms with E-state index in [9.17, 15) is 4.79 Å². The minimum absolute atomic E-state index is 0.0689. The van der Waals surface area contributed by atoms with Gasteiger partial charge >= 0.3 is 5.97 Å². The summed E-state index contributed by atoms with van der Waals surface area (Å²) in [6, 6.07) is 11.2. The van der Waals surface area contributed by atoms with Crippen LogP contribution >= 0.6 is 0 Å². The summed E-state index contributed by atoms with van der Waals surface area (Å²) < 4.78 is 0. The molecule has 1 heterocycles. The second kappa shape index (κ2) is 5.39. The molecule has 2 aromatic rings. The molecular weight excluding hydrogens is 242 g/mol. The van der Waals surface area contributed by atoms with Crippen LogP contribution in [0.15, 0.2) is 42.6 Å². The number of aromatic carboxylic acids is 1. The van der Waals surface area contributed by atoms with Gasteiger partial charge in [-0.2, -0.15) is 0 Å². The molecule has 0 saturated heterocycles. The first-order chi connectivity index (χ1) is 9.13. The molecule has 0 unspecified atom stereocenters. The number of nitrogens with two attached hydrogens (primary N) is 1. The lowest BCUT2D eigenvalue weighted by Gasteiger charge is -2.22. The van der Waals surface area contributed by atoms with Crippen molar-refractivity contribution in [1.29, 1.82) is 0 Å². The molecule has 3 N–H and O–H groups in total. The molecule has 19 heavy (non-hydrogen) atoms. The van der Waals surface area contributed by atoms with E-state index in [4.69, 9.17) is 10.8 Å². The van der Waals surface area contributed by atoms with Crippen LogP contribution in [0.4, 0.5) is 17.2 Å². The van der Waals surface area contributed by atoms with E-state index >= 15 is 0 Å². The van der Waals surface area contributed by atoms with Gasteiger partial charge in [-0.05, 0) is 25.1 Å². The second-order valence-electron chi connectivity index (χ2n) is 4.01. The highest BCUT2D eigenvalue weighted by Crippen LogP contribution is 2.25. The zero-order valence-electron chi connectivity index (χ0n) is 10.6. The Bertz CT molecular complexity index is 584. The molecule has 98 valence electrons. The average molecular weight is 257 g/mol. The number of pyridine rings is 1. The van der Waals surface area contributed by atoms with E-state index in [1.165, 1.54) is 12.3 Å². The molecule has 0 aliphatic rings. The zero-order valence-corrected chi connectivity index (χ0v) is 10.6. The van der Waals surface area contributed by atoms with Crippen LogP contribution in [0.5, 0.6) is 0 Å². The highest BCUT2D eigenvalue weighted by Gasteiger charge is 2.14. The van der Waals surface area contributed by atoms with Crippen LogP contribution in [0, 0.1) is 0 Å². The van der Waals surface area contributed by atoms with Gasteiger partial charge < -0.3 is 15.7 Å². The van der Waals surface area contributed by atoms with Crippen molar-refractivity contribution in [1.82, 2.24) is 4.98 Å². The van der Waals surface area contributed by atoms with Crippen molar-refractivity contribution >= 4 is 23.2 Å². The predicted molar refractivity (Wildman–Crippen MR) is 74.7 cm³/mol.